The topological polar surface area (TPSA) is 52.6 Å². The van der Waals surface area contributed by atoms with Crippen LogP contribution < -0.4 is 0 Å². The third kappa shape index (κ3) is 4.31. The Morgan fingerprint density at radius 1 is 1.37 bits per heavy atom. The van der Waals surface area contributed by atoms with Gasteiger partial charge in [-0.2, -0.15) is 0 Å². The van der Waals surface area contributed by atoms with E-state index in [2.05, 4.69) is 20.7 Å². The van der Waals surface area contributed by atoms with Crippen molar-refractivity contribution in [1.29, 1.82) is 0 Å². The minimum Gasteiger partial charge on any atom is -0.466 e. The summed E-state index contributed by atoms with van der Waals surface area (Å²) in [6.45, 7) is 1.99. The average Bonchev–Trinajstić information content (AvgIpc) is 2.35. The minimum atomic E-state index is -0.760. The molecule has 0 amide bonds. The summed E-state index contributed by atoms with van der Waals surface area (Å²) in [5.41, 5.74) is 0.266. The number of halogens is 2. The van der Waals surface area contributed by atoms with Gasteiger partial charge < -0.3 is 9.47 Å². The van der Waals surface area contributed by atoms with Crippen molar-refractivity contribution >= 4 is 27.9 Å². The molecule has 0 saturated carbocycles. The van der Waals surface area contributed by atoms with Crippen molar-refractivity contribution in [2.24, 2.45) is 0 Å². The van der Waals surface area contributed by atoms with Crippen molar-refractivity contribution in [2.75, 3.05) is 13.7 Å². The third-order valence-corrected chi connectivity index (χ3v) is 2.89. The zero-order valence-corrected chi connectivity index (χ0v) is 12.3. The fourth-order valence-corrected chi connectivity index (χ4v) is 2.10. The van der Waals surface area contributed by atoms with Crippen LogP contribution in [0.3, 0.4) is 0 Å². The summed E-state index contributed by atoms with van der Waals surface area (Å²) in [4.78, 5) is 22.8. The second-order valence-corrected chi connectivity index (χ2v) is 4.63. The van der Waals surface area contributed by atoms with Gasteiger partial charge in [-0.15, -0.1) is 0 Å². The number of benzene rings is 1. The van der Waals surface area contributed by atoms with E-state index in [9.17, 15) is 14.0 Å². The molecule has 0 aliphatic rings. The largest absolute Gasteiger partial charge is 0.466 e. The van der Waals surface area contributed by atoms with Gasteiger partial charge in [0.1, 0.15) is 5.82 Å². The van der Waals surface area contributed by atoms with Gasteiger partial charge in [-0.1, -0.05) is 15.9 Å². The molecule has 4 nitrogen and oxygen atoms in total. The number of carbonyl (C=O) groups excluding carboxylic acids is 2. The highest BCUT2D eigenvalue weighted by Gasteiger charge is 2.19. The standard InChI is InChI=1S/C13H14BrFO4/c1-3-19-11(16)5-4-8-6-9(14)7-10(15)12(8)13(17)18-2/h6-7H,3-5H2,1-2H3. The predicted molar refractivity (Wildman–Crippen MR) is 70.4 cm³/mol. The fourth-order valence-electron chi connectivity index (χ4n) is 1.62. The first-order valence-corrected chi connectivity index (χ1v) is 6.50. The normalized spacial score (nSPS) is 10.1. The van der Waals surface area contributed by atoms with Gasteiger partial charge in [0, 0.05) is 10.9 Å². The Morgan fingerprint density at radius 2 is 2.05 bits per heavy atom. The van der Waals surface area contributed by atoms with Crippen LogP contribution in [-0.2, 0) is 20.7 Å². The maximum atomic E-state index is 13.8. The fraction of sp³-hybridized carbons (Fsp3) is 0.385. The first-order valence-electron chi connectivity index (χ1n) is 5.71. The average molecular weight is 333 g/mol. The van der Waals surface area contributed by atoms with E-state index in [0.29, 0.717) is 10.0 Å². The van der Waals surface area contributed by atoms with E-state index in [1.54, 1.807) is 13.0 Å². The zero-order valence-electron chi connectivity index (χ0n) is 10.7. The maximum Gasteiger partial charge on any atom is 0.341 e. The van der Waals surface area contributed by atoms with Gasteiger partial charge >= 0.3 is 11.9 Å². The molecule has 1 aromatic carbocycles. The Kier molecular flexibility index (Phi) is 5.95. The lowest BCUT2D eigenvalue weighted by Crippen LogP contribution is -2.11. The Morgan fingerprint density at radius 3 is 2.63 bits per heavy atom. The Labute approximate surface area is 119 Å². The van der Waals surface area contributed by atoms with E-state index >= 15 is 0 Å². The molecule has 0 atom stereocenters. The second kappa shape index (κ2) is 7.23. The molecule has 104 valence electrons. The van der Waals surface area contributed by atoms with Crippen molar-refractivity contribution in [3.05, 3.63) is 33.5 Å². The molecule has 6 heteroatoms. The quantitative estimate of drug-likeness (QED) is 0.778. The van der Waals surface area contributed by atoms with E-state index in [1.165, 1.54) is 13.2 Å². The van der Waals surface area contributed by atoms with Crippen LogP contribution in [0, 0.1) is 5.82 Å². The monoisotopic (exact) mass is 332 g/mol. The van der Waals surface area contributed by atoms with Crippen molar-refractivity contribution in [3.63, 3.8) is 0 Å². The summed E-state index contributed by atoms with van der Waals surface area (Å²) in [6.07, 6.45) is 0.285. The minimum absolute atomic E-state index is 0.0771. The number of esters is 2. The summed E-state index contributed by atoms with van der Waals surface area (Å²) >= 11 is 3.15. The number of hydrogen-bond acceptors (Lipinski definition) is 4. The smallest absolute Gasteiger partial charge is 0.341 e. The van der Waals surface area contributed by atoms with Crippen molar-refractivity contribution in [3.8, 4) is 0 Å². The summed E-state index contributed by atoms with van der Waals surface area (Å²) < 4.78 is 23.6. The lowest BCUT2D eigenvalue weighted by atomic mass is 10.0. The first-order chi connectivity index (χ1) is 8.99. The number of carbonyl (C=O) groups is 2. The molecule has 0 radical (unpaired) electrons. The molecule has 1 aromatic rings. The summed E-state index contributed by atoms with van der Waals surface area (Å²) in [6, 6.07) is 2.77. The molecule has 0 spiro atoms. The zero-order chi connectivity index (χ0) is 14.4. The van der Waals surface area contributed by atoms with Crippen molar-refractivity contribution < 1.29 is 23.5 Å². The molecule has 0 aromatic heterocycles. The summed E-state index contributed by atoms with van der Waals surface area (Å²) in [5, 5.41) is 0. The predicted octanol–water partition coefficient (Wildman–Crippen LogP) is 2.87. The van der Waals surface area contributed by atoms with Gasteiger partial charge in [-0.3, -0.25) is 4.79 Å². The molecule has 0 saturated heterocycles. The lowest BCUT2D eigenvalue weighted by molar-refractivity contribution is -0.143. The van der Waals surface area contributed by atoms with Crippen LogP contribution in [0.1, 0.15) is 29.3 Å². The second-order valence-electron chi connectivity index (χ2n) is 3.72. The Bertz CT molecular complexity index is 488. The number of rotatable bonds is 5. The van der Waals surface area contributed by atoms with Crippen molar-refractivity contribution in [2.45, 2.75) is 19.8 Å². The summed E-state index contributed by atoms with van der Waals surface area (Å²) in [7, 11) is 1.18. The molecule has 0 aliphatic heterocycles. The molecule has 0 N–H and O–H groups in total. The molecule has 1 rings (SSSR count). The molecular weight excluding hydrogens is 319 g/mol. The van der Waals surface area contributed by atoms with Gasteiger partial charge in [0.05, 0.1) is 19.3 Å². The van der Waals surface area contributed by atoms with E-state index in [-0.39, 0.29) is 25.0 Å². The molecule has 0 fully saturated rings. The number of methoxy groups -OCH3 is 1. The van der Waals surface area contributed by atoms with Crippen LogP contribution in [0.5, 0.6) is 0 Å². The highest BCUT2D eigenvalue weighted by molar-refractivity contribution is 9.10. The molecule has 0 unspecified atom stereocenters. The number of ether oxygens (including phenoxy) is 2. The third-order valence-electron chi connectivity index (χ3n) is 2.43. The van der Waals surface area contributed by atoms with Crippen molar-refractivity contribution in [1.82, 2.24) is 0 Å². The van der Waals surface area contributed by atoms with E-state index < -0.39 is 17.8 Å². The molecule has 19 heavy (non-hydrogen) atoms. The number of hydrogen-bond donors (Lipinski definition) is 0. The highest BCUT2D eigenvalue weighted by Crippen LogP contribution is 2.22. The molecular formula is C13H14BrFO4. The van der Waals surface area contributed by atoms with Gasteiger partial charge in [-0.05, 0) is 31.0 Å². The van der Waals surface area contributed by atoms with E-state index in [0.717, 1.165) is 0 Å². The van der Waals surface area contributed by atoms with Crippen LogP contribution in [0.15, 0.2) is 16.6 Å². The van der Waals surface area contributed by atoms with Crippen LogP contribution in [-0.4, -0.2) is 25.7 Å². The van der Waals surface area contributed by atoms with Crippen LogP contribution >= 0.6 is 15.9 Å². The van der Waals surface area contributed by atoms with Gasteiger partial charge in [0.2, 0.25) is 0 Å². The summed E-state index contributed by atoms with van der Waals surface area (Å²) in [5.74, 6) is -1.83. The SMILES string of the molecule is CCOC(=O)CCc1cc(Br)cc(F)c1C(=O)OC. The van der Waals surface area contributed by atoms with Crippen LogP contribution in [0.25, 0.3) is 0 Å². The van der Waals surface area contributed by atoms with Crippen LogP contribution in [0.2, 0.25) is 0 Å². The van der Waals surface area contributed by atoms with Gasteiger partial charge in [0.25, 0.3) is 0 Å². The Hall–Kier alpha value is -1.43. The molecule has 0 bridgehead atoms. The molecule has 0 heterocycles. The van der Waals surface area contributed by atoms with Crippen LogP contribution in [0.4, 0.5) is 4.39 Å². The molecule has 0 aliphatic carbocycles. The Balaban J connectivity index is 2.98. The van der Waals surface area contributed by atoms with Gasteiger partial charge in [0.15, 0.2) is 0 Å². The highest BCUT2D eigenvalue weighted by atomic mass is 79.9. The van der Waals surface area contributed by atoms with E-state index in [4.69, 9.17) is 4.74 Å². The first kappa shape index (κ1) is 15.6. The number of aryl methyl sites for hydroxylation is 1. The van der Waals surface area contributed by atoms with Gasteiger partial charge in [-0.25, -0.2) is 9.18 Å². The van der Waals surface area contributed by atoms with E-state index in [1.807, 2.05) is 0 Å². The lowest BCUT2D eigenvalue weighted by Gasteiger charge is -2.09. The maximum absolute atomic E-state index is 13.8.